The Hall–Kier alpha value is -11.7. The average molecular weight is 1410 g/mol. The fourth-order valence-corrected chi connectivity index (χ4v) is 10.9. The fraction of sp³-hybridized carbons (Fsp3) is 0.143. The second-order valence-corrected chi connectivity index (χ2v) is 25.6. The van der Waals surface area contributed by atoms with Crippen molar-refractivity contribution in [1.29, 1.82) is 0 Å². The highest BCUT2D eigenvalue weighted by molar-refractivity contribution is 7.91. The van der Waals surface area contributed by atoms with Gasteiger partial charge in [0.05, 0.1) is 0 Å². The minimum absolute atomic E-state index is 0.0785. The number of halogens is 3. The SMILES string of the molecule is CNS(=O)(=O)Nc1nccc(Cc2c(C)c3ccc(Oc4ncccn4)cc3oc2=O)c1F.CNS(=O)(=O)Nc1nccc(Cc2c(C)c3ccc(Oc4ncccn4)cc3oc2=O)c1F.CNS(=O)(=O)Nc1nccc(Cc2c(C)c3ccc(Oc4ncccn4)cc3oc2=O)c1F. The van der Waals surface area contributed by atoms with Gasteiger partial charge in [0.15, 0.2) is 34.9 Å². The molecule has 0 spiro atoms. The highest BCUT2D eigenvalue weighted by Gasteiger charge is 2.23. The molecular formula is C63H54F3N15O15S3. The van der Waals surface area contributed by atoms with Crippen molar-refractivity contribution in [2.75, 3.05) is 35.3 Å². The number of nitrogens with one attached hydrogen (secondary N) is 6. The molecule has 0 aliphatic carbocycles. The Morgan fingerprint density at radius 3 is 0.869 bits per heavy atom. The van der Waals surface area contributed by atoms with Crippen LogP contribution in [0.3, 0.4) is 0 Å². The number of aromatic nitrogens is 9. The van der Waals surface area contributed by atoms with Crippen LogP contribution in [0.15, 0.2) is 174 Å². The van der Waals surface area contributed by atoms with Gasteiger partial charge in [-0.05, 0) is 127 Å². The minimum atomic E-state index is -3.96. The number of hydrogen-bond acceptors (Lipinski definition) is 24. The van der Waals surface area contributed by atoms with Gasteiger partial charge < -0.3 is 27.5 Å². The second-order valence-electron chi connectivity index (χ2n) is 20.7. The lowest BCUT2D eigenvalue weighted by Crippen LogP contribution is -2.27. The summed E-state index contributed by atoms with van der Waals surface area (Å²) in [5, 5.41) is 1.91. The van der Waals surface area contributed by atoms with Crippen molar-refractivity contribution < 1.29 is 65.9 Å². The van der Waals surface area contributed by atoms with Gasteiger partial charge in [-0.2, -0.15) is 25.3 Å². The number of ether oxygens (including phenoxy) is 3. The Labute approximate surface area is 559 Å². The molecule has 0 fully saturated rings. The summed E-state index contributed by atoms with van der Waals surface area (Å²) in [5.74, 6) is -2.95. The zero-order chi connectivity index (χ0) is 70.8. The second kappa shape index (κ2) is 30.2. The molecule has 0 unspecified atom stereocenters. The molecule has 12 aromatic rings. The van der Waals surface area contributed by atoms with E-state index in [1.807, 2.05) is 28.3 Å². The smallest absolute Gasteiger partial charge is 0.340 e. The molecule has 99 heavy (non-hydrogen) atoms. The molecule has 0 aliphatic heterocycles. The zero-order valence-corrected chi connectivity index (χ0v) is 54.9. The van der Waals surface area contributed by atoms with E-state index < -0.39 is 82.4 Å². The molecule has 0 bridgehead atoms. The number of pyridine rings is 3. The first-order valence-electron chi connectivity index (χ1n) is 28.9. The van der Waals surface area contributed by atoms with Crippen LogP contribution >= 0.6 is 0 Å². The van der Waals surface area contributed by atoms with Gasteiger partial charge in [-0.3, -0.25) is 14.2 Å². The fourth-order valence-electron chi connectivity index (χ4n) is 9.44. The Bertz CT molecular complexity index is 5020. The molecule has 0 atom stereocenters. The van der Waals surface area contributed by atoms with E-state index in [1.54, 1.807) is 93.6 Å². The van der Waals surface area contributed by atoms with Gasteiger partial charge in [-0.25, -0.2) is 86.6 Å². The van der Waals surface area contributed by atoms with Crippen LogP contribution in [0.5, 0.6) is 35.3 Å². The number of anilines is 3. The van der Waals surface area contributed by atoms with Gasteiger partial charge in [-0.1, -0.05) is 0 Å². The third kappa shape index (κ3) is 17.1. The quantitative estimate of drug-likeness (QED) is 0.0370. The number of rotatable bonds is 21. The third-order valence-corrected chi connectivity index (χ3v) is 17.5. The van der Waals surface area contributed by atoms with Gasteiger partial charge in [0, 0.05) is 147 Å². The molecular weight excluding hydrogens is 1360 g/mol. The Morgan fingerprint density at radius 2 is 0.626 bits per heavy atom. The summed E-state index contributed by atoms with van der Waals surface area (Å²) in [6.45, 7) is 5.16. The minimum Gasteiger partial charge on any atom is -0.424 e. The van der Waals surface area contributed by atoms with Crippen LogP contribution in [0.4, 0.5) is 30.6 Å². The maximum atomic E-state index is 14.9. The van der Waals surface area contributed by atoms with E-state index in [4.69, 9.17) is 27.5 Å². The maximum absolute atomic E-state index is 14.9. The molecule has 0 aliphatic rings. The lowest BCUT2D eigenvalue weighted by molar-refractivity contribution is 0.440. The monoisotopic (exact) mass is 1410 g/mol. The van der Waals surface area contributed by atoms with Crippen LogP contribution in [0, 0.1) is 38.2 Å². The van der Waals surface area contributed by atoms with Gasteiger partial charge in [-0.15, -0.1) is 0 Å². The van der Waals surface area contributed by atoms with E-state index in [2.05, 4.69) is 44.9 Å². The Kier molecular flexibility index (Phi) is 21.4. The van der Waals surface area contributed by atoms with E-state index in [0.29, 0.717) is 50.1 Å². The summed E-state index contributed by atoms with van der Waals surface area (Å²) >= 11 is 0. The maximum Gasteiger partial charge on any atom is 0.340 e. The predicted octanol–water partition coefficient (Wildman–Crippen LogP) is 8.05. The van der Waals surface area contributed by atoms with Crippen LogP contribution in [0.25, 0.3) is 32.9 Å². The number of nitrogens with zero attached hydrogens (tertiary/aromatic N) is 9. The molecule has 12 rings (SSSR count). The number of benzene rings is 3. The molecule has 3 aromatic carbocycles. The summed E-state index contributed by atoms with van der Waals surface area (Å²) in [7, 11) is -8.35. The number of hydrogen-bond donors (Lipinski definition) is 6. The van der Waals surface area contributed by atoms with E-state index in [0.717, 1.165) is 0 Å². The van der Waals surface area contributed by atoms with Crippen molar-refractivity contribution in [3.8, 4) is 35.3 Å². The molecule has 0 saturated heterocycles. The Morgan fingerprint density at radius 1 is 0.374 bits per heavy atom. The van der Waals surface area contributed by atoms with Crippen LogP contribution < -0.4 is 59.4 Å². The van der Waals surface area contributed by atoms with E-state index >= 15 is 0 Å². The third-order valence-electron chi connectivity index (χ3n) is 14.5. The van der Waals surface area contributed by atoms with Crippen LogP contribution in [-0.4, -0.2) is 91.3 Å². The van der Waals surface area contributed by atoms with Crippen molar-refractivity contribution in [1.82, 2.24) is 59.0 Å². The van der Waals surface area contributed by atoms with Gasteiger partial charge in [0.25, 0.3) is 30.6 Å². The van der Waals surface area contributed by atoms with Crippen LogP contribution in [0.2, 0.25) is 0 Å². The number of fused-ring (bicyclic) bond motifs is 3. The summed E-state index contributed by atoms with van der Waals surface area (Å²) < 4.78 is 160. The largest absolute Gasteiger partial charge is 0.424 e. The molecule has 0 radical (unpaired) electrons. The van der Waals surface area contributed by atoms with Crippen molar-refractivity contribution in [3.05, 3.63) is 246 Å². The normalized spacial score (nSPS) is 11.5. The van der Waals surface area contributed by atoms with Gasteiger partial charge >= 0.3 is 34.9 Å². The van der Waals surface area contributed by atoms with Gasteiger partial charge in [0.2, 0.25) is 0 Å². The van der Waals surface area contributed by atoms with Crippen molar-refractivity contribution in [2.24, 2.45) is 0 Å². The van der Waals surface area contributed by atoms with Crippen molar-refractivity contribution in [2.45, 2.75) is 40.0 Å². The highest BCUT2D eigenvalue weighted by Crippen LogP contribution is 2.32. The van der Waals surface area contributed by atoms with Gasteiger partial charge in [0.1, 0.15) is 34.0 Å². The van der Waals surface area contributed by atoms with Crippen molar-refractivity contribution in [3.63, 3.8) is 0 Å². The predicted molar refractivity (Wildman–Crippen MR) is 354 cm³/mol. The molecule has 9 heterocycles. The first-order valence-corrected chi connectivity index (χ1v) is 33.3. The molecule has 0 amide bonds. The first-order chi connectivity index (χ1) is 47.3. The van der Waals surface area contributed by atoms with E-state index in [9.17, 15) is 52.8 Å². The first kappa shape index (κ1) is 70.1. The van der Waals surface area contributed by atoms with E-state index in [1.165, 1.54) is 95.1 Å². The summed E-state index contributed by atoms with van der Waals surface area (Å²) in [6.07, 6.45) is 12.6. The molecule has 9 aromatic heterocycles. The molecule has 0 saturated carbocycles. The molecule has 36 heteroatoms. The number of aryl methyl sites for hydroxylation is 3. The lowest BCUT2D eigenvalue weighted by Gasteiger charge is -2.12. The van der Waals surface area contributed by atoms with Crippen LogP contribution in [0.1, 0.15) is 50.1 Å². The molecule has 30 nitrogen and oxygen atoms in total. The Balaban J connectivity index is 0.000000161. The average Bonchev–Trinajstić information content (AvgIpc) is 0.791. The zero-order valence-electron chi connectivity index (χ0n) is 52.5. The molecule has 510 valence electrons. The summed E-state index contributed by atoms with van der Waals surface area (Å²) in [5.41, 5.74) is 1.61. The topological polar surface area (TPSA) is 409 Å². The lowest BCUT2D eigenvalue weighted by atomic mass is 10.00. The standard InChI is InChI=1S/3C21H18FN5O5S/c3*1-12-15-5-4-14(31-21-25-7-3-8-26-21)11-17(15)32-20(28)16(12)10-13-6-9-24-19(18(13)22)27-33(29,30)23-2/h3*3-9,11,23H,10H2,1-2H3,(H,24,27). The van der Waals surface area contributed by atoms with E-state index in [-0.39, 0.29) is 87.4 Å². The summed E-state index contributed by atoms with van der Waals surface area (Å²) in [6, 6.07) is 24.3. The highest BCUT2D eigenvalue weighted by atomic mass is 32.2. The molecule has 6 N–H and O–H groups in total. The summed E-state index contributed by atoms with van der Waals surface area (Å²) in [4.78, 5) is 73.2. The van der Waals surface area contributed by atoms with Crippen molar-refractivity contribution >= 4 is 81.0 Å². The van der Waals surface area contributed by atoms with Crippen LogP contribution in [-0.2, 0) is 49.9 Å².